The van der Waals surface area contributed by atoms with Gasteiger partial charge in [-0.15, -0.1) is 0 Å². The maximum absolute atomic E-state index is 11.5. The number of carbonyl (C=O) groups excluding carboxylic acids is 1. The van der Waals surface area contributed by atoms with Crippen molar-refractivity contribution in [3.63, 3.8) is 0 Å². The van der Waals surface area contributed by atoms with Crippen molar-refractivity contribution in [2.24, 2.45) is 5.92 Å². The molecule has 0 fully saturated rings. The van der Waals surface area contributed by atoms with Gasteiger partial charge in [0.05, 0.1) is 6.61 Å². The predicted molar refractivity (Wildman–Crippen MR) is 114 cm³/mol. The van der Waals surface area contributed by atoms with Crippen LogP contribution < -0.4 is 14.2 Å². The summed E-state index contributed by atoms with van der Waals surface area (Å²) in [5.74, 6) is 2.94. The summed E-state index contributed by atoms with van der Waals surface area (Å²) in [5.41, 5.74) is 1.94. The van der Waals surface area contributed by atoms with Crippen LogP contribution >= 0.6 is 0 Å². The summed E-state index contributed by atoms with van der Waals surface area (Å²) < 4.78 is 17.2. The quantitative estimate of drug-likeness (QED) is 0.348. The molecular weight excluding hydrogens is 364 g/mol. The fourth-order valence-electron chi connectivity index (χ4n) is 2.86. The zero-order valence-corrected chi connectivity index (χ0v) is 17.1. The summed E-state index contributed by atoms with van der Waals surface area (Å²) in [7, 11) is 0. The van der Waals surface area contributed by atoms with Crippen LogP contribution in [0.1, 0.15) is 31.9 Å². The van der Waals surface area contributed by atoms with Gasteiger partial charge in [-0.2, -0.15) is 0 Å². The molecule has 0 saturated carbocycles. The second-order valence-corrected chi connectivity index (χ2v) is 7.31. The van der Waals surface area contributed by atoms with Gasteiger partial charge in [-0.25, -0.2) is 0 Å². The van der Waals surface area contributed by atoms with Crippen molar-refractivity contribution >= 4 is 5.97 Å². The van der Waals surface area contributed by atoms with Crippen molar-refractivity contribution in [3.05, 3.63) is 83.9 Å². The lowest BCUT2D eigenvalue weighted by Gasteiger charge is -2.14. The average molecular weight is 390 g/mol. The van der Waals surface area contributed by atoms with Gasteiger partial charge in [-0.3, -0.25) is 4.79 Å². The number of ether oxygens (including phenoxy) is 3. The number of carbonyl (C=O) groups is 1. The molecule has 0 radical (unpaired) electrons. The topological polar surface area (TPSA) is 44.8 Å². The third-order valence-electron chi connectivity index (χ3n) is 4.14. The fourth-order valence-corrected chi connectivity index (χ4v) is 2.86. The number of benzene rings is 3. The van der Waals surface area contributed by atoms with E-state index in [2.05, 4.69) is 13.8 Å². The monoisotopic (exact) mass is 390 g/mol. The largest absolute Gasteiger partial charge is 0.493 e. The zero-order valence-electron chi connectivity index (χ0n) is 17.1. The van der Waals surface area contributed by atoms with E-state index in [0.717, 1.165) is 28.4 Å². The van der Waals surface area contributed by atoms with E-state index in [4.69, 9.17) is 14.2 Å². The molecule has 150 valence electrons. The van der Waals surface area contributed by atoms with E-state index in [9.17, 15) is 4.79 Å². The van der Waals surface area contributed by atoms with Gasteiger partial charge in [0.1, 0.15) is 23.0 Å². The van der Waals surface area contributed by atoms with Crippen LogP contribution in [0, 0.1) is 5.92 Å². The summed E-state index contributed by atoms with van der Waals surface area (Å²) in [6.07, 6.45) is 0.591. The molecule has 3 aromatic rings. The van der Waals surface area contributed by atoms with E-state index < -0.39 is 0 Å². The molecule has 0 aliphatic rings. The molecule has 0 N–H and O–H groups in total. The molecule has 3 rings (SSSR count). The van der Waals surface area contributed by atoms with Crippen LogP contribution in [-0.2, 0) is 11.2 Å². The van der Waals surface area contributed by atoms with Crippen molar-refractivity contribution in [2.45, 2.75) is 27.2 Å². The van der Waals surface area contributed by atoms with Crippen molar-refractivity contribution < 1.29 is 19.0 Å². The van der Waals surface area contributed by atoms with Crippen LogP contribution in [0.2, 0.25) is 0 Å². The third kappa shape index (κ3) is 6.39. The normalized spacial score (nSPS) is 10.6. The fraction of sp³-hybridized carbons (Fsp3) is 0.240. The molecule has 0 amide bonds. The Balaban J connectivity index is 1.82. The van der Waals surface area contributed by atoms with Crippen LogP contribution in [0.15, 0.2) is 72.8 Å². The Morgan fingerprint density at radius 3 is 2.34 bits per heavy atom. The van der Waals surface area contributed by atoms with Gasteiger partial charge in [0.2, 0.25) is 0 Å². The van der Waals surface area contributed by atoms with Crippen LogP contribution in [0.4, 0.5) is 0 Å². The van der Waals surface area contributed by atoms with Crippen LogP contribution in [0.3, 0.4) is 0 Å². The van der Waals surface area contributed by atoms with Gasteiger partial charge in [0.15, 0.2) is 0 Å². The lowest BCUT2D eigenvalue weighted by Crippen LogP contribution is -2.07. The predicted octanol–water partition coefficient (Wildman–Crippen LogP) is 6.03. The molecule has 29 heavy (non-hydrogen) atoms. The highest BCUT2D eigenvalue weighted by atomic mass is 16.5. The minimum atomic E-state index is -0.344. The lowest BCUT2D eigenvalue weighted by molar-refractivity contribution is -0.131. The summed E-state index contributed by atoms with van der Waals surface area (Å²) in [5, 5.41) is 0. The van der Waals surface area contributed by atoms with Gasteiger partial charge in [-0.05, 0) is 53.9 Å². The third-order valence-corrected chi connectivity index (χ3v) is 4.14. The van der Waals surface area contributed by atoms with E-state index in [0.29, 0.717) is 24.7 Å². The lowest BCUT2D eigenvalue weighted by atomic mass is 10.0. The number of hydrogen-bond acceptors (Lipinski definition) is 4. The molecule has 0 atom stereocenters. The SMILES string of the molecule is CC(=O)Oc1ccc(OCC(C)C)cc1Cc1cccc(Oc2ccccc2)c1. The Labute approximate surface area is 172 Å². The molecule has 0 aliphatic heterocycles. The van der Waals surface area contributed by atoms with Crippen molar-refractivity contribution in [3.8, 4) is 23.0 Å². The maximum Gasteiger partial charge on any atom is 0.308 e. The van der Waals surface area contributed by atoms with Crippen LogP contribution in [0.25, 0.3) is 0 Å². The van der Waals surface area contributed by atoms with Gasteiger partial charge in [0, 0.05) is 18.9 Å². The maximum atomic E-state index is 11.5. The Morgan fingerprint density at radius 2 is 1.62 bits per heavy atom. The number of rotatable bonds is 8. The standard InChI is InChI=1S/C25H26O4/c1-18(2)17-27-23-12-13-25(28-19(3)26)21(16-23)14-20-8-7-11-24(15-20)29-22-9-5-4-6-10-22/h4-13,15-16,18H,14,17H2,1-3H3. The van der Waals surface area contributed by atoms with Gasteiger partial charge in [0.25, 0.3) is 0 Å². The molecule has 0 saturated heterocycles. The van der Waals surface area contributed by atoms with Crippen LogP contribution in [-0.4, -0.2) is 12.6 Å². The molecule has 4 nitrogen and oxygen atoms in total. The zero-order chi connectivity index (χ0) is 20.6. The van der Waals surface area contributed by atoms with E-state index in [1.54, 1.807) is 6.07 Å². The van der Waals surface area contributed by atoms with Crippen molar-refractivity contribution in [1.29, 1.82) is 0 Å². The summed E-state index contributed by atoms with van der Waals surface area (Å²) >= 11 is 0. The number of esters is 1. The molecule has 4 heteroatoms. The first-order valence-electron chi connectivity index (χ1n) is 9.75. The molecule has 0 bridgehead atoms. The first kappa shape index (κ1) is 20.5. The Kier molecular flexibility index (Phi) is 6.90. The molecule has 0 spiro atoms. The Morgan fingerprint density at radius 1 is 0.862 bits per heavy atom. The molecule has 0 aromatic heterocycles. The van der Waals surface area contributed by atoms with E-state index in [1.165, 1.54) is 6.92 Å². The van der Waals surface area contributed by atoms with Crippen molar-refractivity contribution in [1.82, 2.24) is 0 Å². The Bertz CT molecular complexity index is 948. The summed E-state index contributed by atoms with van der Waals surface area (Å²) in [6, 6.07) is 23.1. The summed E-state index contributed by atoms with van der Waals surface area (Å²) in [6.45, 7) is 6.24. The van der Waals surface area contributed by atoms with E-state index >= 15 is 0 Å². The first-order chi connectivity index (χ1) is 14.0. The second kappa shape index (κ2) is 9.78. The van der Waals surface area contributed by atoms with E-state index in [1.807, 2.05) is 66.7 Å². The average Bonchev–Trinajstić information content (AvgIpc) is 2.69. The molecular formula is C25H26O4. The van der Waals surface area contributed by atoms with Crippen molar-refractivity contribution in [2.75, 3.05) is 6.61 Å². The van der Waals surface area contributed by atoms with Crippen LogP contribution in [0.5, 0.6) is 23.0 Å². The van der Waals surface area contributed by atoms with Gasteiger partial charge >= 0.3 is 5.97 Å². The van der Waals surface area contributed by atoms with E-state index in [-0.39, 0.29) is 5.97 Å². The Hall–Kier alpha value is -3.27. The molecule has 0 heterocycles. The number of para-hydroxylation sites is 1. The minimum absolute atomic E-state index is 0.344. The minimum Gasteiger partial charge on any atom is -0.493 e. The second-order valence-electron chi connectivity index (χ2n) is 7.31. The molecule has 3 aromatic carbocycles. The summed E-state index contributed by atoms with van der Waals surface area (Å²) in [4.78, 5) is 11.5. The van der Waals surface area contributed by atoms with Gasteiger partial charge < -0.3 is 14.2 Å². The van der Waals surface area contributed by atoms with Gasteiger partial charge in [-0.1, -0.05) is 44.2 Å². The highest BCUT2D eigenvalue weighted by molar-refractivity contribution is 5.70. The highest BCUT2D eigenvalue weighted by Gasteiger charge is 2.11. The molecule has 0 aliphatic carbocycles. The smallest absolute Gasteiger partial charge is 0.308 e. The number of hydrogen-bond donors (Lipinski definition) is 0. The first-order valence-corrected chi connectivity index (χ1v) is 9.75. The highest BCUT2D eigenvalue weighted by Crippen LogP contribution is 2.29. The molecule has 0 unspecified atom stereocenters.